The average Bonchev–Trinajstić information content (AvgIpc) is 2.15. The predicted molar refractivity (Wildman–Crippen MR) is 50.9 cm³/mol. The lowest BCUT2D eigenvalue weighted by Gasteiger charge is -2.14. The number of rotatable bonds is 3. The number of hydrogen-bond acceptors (Lipinski definition) is 3. The van der Waals surface area contributed by atoms with Crippen LogP contribution < -0.4 is 5.32 Å². The van der Waals surface area contributed by atoms with Crippen LogP contribution in [0.5, 0.6) is 0 Å². The summed E-state index contributed by atoms with van der Waals surface area (Å²) in [6.07, 6.45) is 3.39. The second-order valence-electron chi connectivity index (χ2n) is 3.16. The third kappa shape index (κ3) is 2.85. The largest absolute Gasteiger partial charge is 0.296 e. The van der Waals surface area contributed by atoms with Crippen molar-refractivity contribution < 1.29 is 0 Å². The fourth-order valence-corrected chi connectivity index (χ4v) is 1.10. The molecule has 1 rings (SSSR count). The zero-order valence-corrected chi connectivity index (χ0v) is 7.86. The molecule has 1 atom stereocenters. The molecule has 3 heteroatoms. The van der Waals surface area contributed by atoms with Gasteiger partial charge in [-0.05, 0) is 31.5 Å². The molecule has 0 spiro atoms. The van der Waals surface area contributed by atoms with Crippen molar-refractivity contribution in [1.29, 1.82) is 5.26 Å². The van der Waals surface area contributed by atoms with E-state index in [1.54, 1.807) is 12.4 Å². The van der Waals surface area contributed by atoms with Crippen molar-refractivity contribution >= 4 is 0 Å². The maximum atomic E-state index is 8.90. The van der Waals surface area contributed by atoms with Crippen molar-refractivity contribution in [3.8, 4) is 6.07 Å². The van der Waals surface area contributed by atoms with Crippen LogP contribution in [-0.4, -0.2) is 11.0 Å². The molecule has 1 heterocycles. The van der Waals surface area contributed by atoms with Gasteiger partial charge in [-0.3, -0.25) is 10.3 Å². The van der Waals surface area contributed by atoms with E-state index in [4.69, 9.17) is 5.26 Å². The van der Waals surface area contributed by atoms with E-state index in [0.717, 1.165) is 5.56 Å². The molecule has 1 unspecified atom stereocenters. The molecule has 0 saturated carbocycles. The van der Waals surface area contributed by atoms with Gasteiger partial charge in [-0.1, -0.05) is 0 Å². The molecular formula is C10H13N3. The molecule has 1 aromatic rings. The van der Waals surface area contributed by atoms with Crippen molar-refractivity contribution in [2.75, 3.05) is 0 Å². The molecule has 68 valence electrons. The van der Waals surface area contributed by atoms with E-state index >= 15 is 0 Å². The summed E-state index contributed by atoms with van der Waals surface area (Å²) in [6.45, 7) is 4.04. The van der Waals surface area contributed by atoms with Crippen LogP contribution in [0.3, 0.4) is 0 Å². The Balaban J connectivity index is 2.75. The lowest BCUT2D eigenvalue weighted by Crippen LogP contribution is -2.27. The smallest absolute Gasteiger partial charge is 0.121 e. The summed E-state index contributed by atoms with van der Waals surface area (Å²) in [5.74, 6) is 0. The highest BCUT2D eigenvalue weighted by Gasteiger charge is 2.09. The van der Waals surface area contributed by atoms with Crippen LogP contribution in [0, 0.1) is 11.3 Å². The van der Waals surface area contributed by atoms with Gasteiger partial charge in [-0.25, -0.2) is 0 Å². The van der Waals surface area contributed by atoms with Gasteiger partial charge in [0.15, 0.2) is 0 Å². The van der Waals surface area contributed by atoms with Gasteiger partial charge in [0.1, 0.15) is 6.04 Å². The summed E-state index contributed by atoms with van der Waals surface area (Å²) in [7, 11) is 0. The Hall–Kier alpha value is -1.40. The molecule has 13 heavy (non-hydrogen) atoms. The number of pyridine rings is 1. The first-order valence-electron chi connectivity index (χ1n) is 4.29. The molecule has 3 nitrogen and oxygen atoms in total. The topological polar surface area (TPSA) is 48.7 Å². The Morgan fingerprint density at radius 3 is 2.46 bits per heavy atom. The first-order chi connectivity index (χ1) is 6.24. The van der Waals surface area contributed by atoms with E-state index in [1.165, 1.54) is 0 Å². The van der Waals surface area contributed by atoms with Crippen molar-refractivity contribution in [2.24, 2.45) is 0 Å². The third-order valence-corrected chi connectivity index (χ3v) is 1.67. The molecule has 0 bridgehead atoms. The predicted octanol–water partition coefficient (Wildman–Crippen LogP) is 1.64. The van der Waals surface area contributed by atoms with Crippen LogP contribution in [0.15, 0.2) is 24.5 Å². The Bertz CT molecular complexity index is 287. The normalized spacial score (nSPS) is 12.5. The first kappa shape index (κ1) is 9.69. The van der Waals surface area contributed by atoms with Gasteiger partial charge in [0.2, 0.25) is 0 Å². The molecule has 1 N–H and O–H groups in total. The Morgan fingerprint density at radius 1 is 1.38 bits per heavy atom. The van der Waals surface area contributed by atoms with Gasteiger partial charge in [0, 0.05) is 18.4 Å². The monoisotopic (exact) mass is 175 g/mol. The number of nitrogens with zero attached hydrogens (tertiary/aromatic N) is 2. The highest BCUT2D eigenvalue weighted by molar-refractivity contribution is 5.21. The SMILES string of the molecule is CC(C)NC(C#N)c1ccncc1. The van der Waals surface area contributed by atoms with E-state index in [1.807, 2.05) is 26.0 Å². The van der Waals surface area contributed by atoms with Crippen LogP contribution in [0.1, 0.15) is 25.5 Å². The van der Waals surface area contributed by atoms with Crippen molar-refractivity contribution in [2.45, 2.75) is 25.9 Å². The summed E-state index contributed by atoms with van der Waals surface area (Å²) in [5.41, 5.74) is 0.964. The lowest BCUT2D eigenvalue weighted by atomic mass is 10.1. The maximum Gasteiger partial charge on any atom is 0.121 e. The Kier molecular flexibility index (Phi) is 3.41. The van der Waals surface area contributed by atoms with Crippen LogP contribution in [0.4, 0.5) is 0 Å². The van der Waals surface area contributed by atoms with Crippen LogP contribution >= 0.6 is 0 Å². The molecule has 1 aromatic heterocycles. The second-order valence-corrected chi connectivity index (χ2v) is 3.16. The van der Waals surface area contributed by atoms with E-state index in [9.17, 15) is 0 Å². The molecule has 0 aliphatic heterocycles. The molecule has 0 aromatic carbocycles. The third-order valence-electron chi connectivity index (χ3n) is 1.67. The van der Waals surface area contributed by atoms with E-state index in [2.05, 4.69) is 16.4 Å². The van der Waals surface area contributed by atoms with E-state index in [0.29, 0.717) is 6.04 Å². The fourth-order valence-electron chi connectivity index (χ4n) is 1.10. The van der Waals surface area contributed by atoms with Crippen molar-refractivity contribution in [1.82, 2.24) is 10.3 Å². The summed E-state index contributed by atoms with van der Waals surface area (Å²) in [4.78, 5) is 3.90. The minimum absolute atomic E-state index is 0.233. The number of nitriles is 1. The number of nitrogens with one attached hydrogen (secondary N) is 1. The number of hydrogen-bond donors (Lipinski definition) is 1. The molecule has 0 aliphatic rings. The maximum absolute atomic E-state index is 8.90. The summed E-state index contributed by atoms with van der Waals surface area (Å²) < 4.78 is 0. The molecule has 0 fully saturated rings. The van der Waals surface area contributed by atoms with Gasteiger partial charge in [0.05, 0.1) is 6.07 Å². The highest BCUT2D eigenvalue weighted by atomic mass is 14.9. The van der Waals surface area contributed by atoms with Crippen LogP contribution in [0.2, 0.25) is 0 Å². The average molecular weight is 175 g/mol. The molecule has 0 aliphatic carbocycles. The minimum Gasteiger partial charge on any atom is -0.296 e. The highest BCUT2D eigenvalue weighted by Crippen LogP contribution is 2.10. The quantitative estimate of drug-likeness (QED) is 0.759. The summed E-state index contributed by atoms with van der Waals surface area (Å²) in [5, 5.41) is 12.1. The molecule has 0 amide bonds. The summed E-state index contributed by atoms with van der Waals surface area (Å²) in [6, 6.07) is 5.98. The van der Waals surface area contributed by atoms with Crippen molar-refractivity contribution in [3.05, 3.63) is 30.1 Å². The Morgan fingerprint density at radius 2 is 2.00 bits per heavy atom. The molecular weight excluding hydrogens is 162 g/mol. The zero-order chi connectivity index (χ0) is 9.68. The van der Waals surface area contributed by atoms with Crippen LogP contribution in [0.25, 0.3) is 0 Å². The Labute approximate surface area is 78.4 Å². The van der Waals surface area contributed by atoms with Gasteiger partial charge in [0.25, 0.3) is 0 Å². The van der Waals surface area contributed by atoms with E-state index in [-0.39, 0.29) is 6.04 Å². The lowest BCUT2D eigenvalue weighted by molar-refractivity contribution is 0.546. The standard InChI is InChI=1S/C10H13N3/c1-8(2)13-10(7-11)9-3-5-12-6-4-9/h3-6,8,10,13H,1-2H3. The van der Waals surface area contributed by atoms with E-state index < -0.39 is 0 Å². The van der Waals surface area contributed by atoms with Gasteiger partial charge in [-0.2, -0.15) is 5.26 Å². The first-order valence-corrected chi connectivity index (χ1v) is 4.29. The van der Waals surface area contributed by atoms with Gasteiger partial charge < -0.3 is 0 Å². The van der Waals surface area contributed by atoms with Crippen molar-refractivity contribution in [3.63, 3.8) is 0 Å². The van der Waals surface area contributed by atoms with Crippen LogP contribution in [-0.2, 0) is 0 Å². The summed E-state index contributed by atoms with van der Waals surface area (Å²) >= 11 is 0. The number of aromatic nitrogens is 1. The molecule has 0 radical (unpaired) electrons. The molecule has 0 saturated heterocycles. The van der Waals surface area contributed by atoms with Gasteiger partial charge in [-0.15, -0.1) is 0 Å². The second kappa shape index (κ2) is 4.58. The minimum atomic E-state index is -0.233. The van der Waals surface area contributed by atoms with Gasteiger partial charge >= 0.3 is 0 Å². The zero-order valence-electron chi connectivity index (χ0n) is 7.86. The fraction of sp³-hybridized carbons (Fsp3) is 0.400.